The van der Waals surface area contributed by atoms with E-state index < -0.39 is 0 Å². The van der Waals surface area contributed by atoms with Crippen molar-refractivity contribution in [2.45, 2.75) is 25.7 Å². The Morgan fingerprint density at radius 3 is 3.00 bits per heavy atom. The SMILES string of the molecule is I.NC(=NCCCN1CCCC1=O)NCCc1ccccn1. The molecular formula is C15H24IN5O. The predicted octanol–water partition coefficient (Wildman–Crippen LogP) is 1.16. The van der Waals surface area contributed by atoms with Crippen LogP contribution < -0.4 is 11.1 Å². The normalized spacial score (nSPS) is 14.8. The Hall–Kier alpha value is -1.38. The zero-order chi connectivity index (χ0) is 14.9. The molecule has 0 spiro atoms. The van der Waals surface area contributed by atoms with E-state index in [1.165, 1.54) is 0 Å². The van der Waals surface area contributed by atoms with E-state index in [4.69, 9.17) is 5.73 Å². The lowest BCUT2D eigenvalue weighted by atomic mass is 10.3. The second-order valence-electron chi connectivity index (χ2n) is 5.10. The van der Waals surface area contributed by atoms with Crippen molar-refractivity contribution >= 4 is 35.8 Å². The van der Waals surface area contributed by atoms with Gasteiger partial charge in [0.2, 0.25) is 5.91 Å². The fraction of sp³-hybridized carbons (Fsp3) is 0.533. The quantitative estimate of drug-likeness (QED) is 0.302. The number of carbonyl (C=O) groups is 1. The molecule has 0 unspecified atom stereocenters. The van der Waals surface area contributed by atoms with E-state index in [9.17, 15) is 4.79 Å². The molecule has 22 heavy (non-hydrogen) atoms. The summed E-state index contributed by atoms with van der Waals surface area (Å²) < 4.78 is 0. The summed E-state index contributed by atoms with van der Waals surface area (Å²) in [5.41, 5.74) is 6.83. The molecule has 122 valence electrons. The summed E-state index contributed by atoms with van der Waals surface area (Å²) in [4.78, 5) is 21.8. The smallest absolute Gasteiger partial charge is 0.222 e. The van der Waals surface area contributed by atoms with Crippen LogP contribution in [0.4, 0.5) is 0 Å². The lowest BCUT2D eigenvalue weighted by Gasteiger charge is -2.14. The summed E-state index contributed by atoms with van der Waals surface area (Å²) >= 11 is 0. The largest absolute Gasteiger partial charge is 0.370 e. The molecule has 1 aliphatic rings. The third kappa shape index (κ3) is 6.59. The van der Waals surface area contributed by atoms with Crippen molar-refractivity contribution in [3.05, 3.63) is 30.1 Å². The Balaban J connectivity index is 0.00000242. The number of rotatable bonds is 7. The van der Waals surface area contributed by atoms with E-state index in [0.717, 1.165) is 44.6 Å². The molecule has 0 saturated carbocycles. The number of hydrogen-bond donors (Lipinski definition) is 2. The van der Waals surface area contributed by atoms with Crippen LogP contribution in [-0.2, 0) is 11.2 Å². The van der Waals surface area contributed by atoms with Gasteiger partial charge in [-0.2, -0.15) is 0 Å². The summed E-state index contributed by atoms with van der Waals surface area (Å²) in [5, 5.41) is 3.08. The van der Waals surface area contributed by atoms with E-state index in [1.807, 2.05) is 23.1 Å². The first-order valence-electron chi connectivity index (χ1n) is 7.47. The van der Waals surface area contributed by atoms with Crippen LogP contribution in [-0.4, -0.2) is 47.9 Å². The number of carbonyl (C=O) groups excluding carboxylic acids is 1. The molecule has 3 N–H and O–H groups in total. The average Bonchev–Trinajstić information content (AvgIpc) is 2.90. The number of aromatic nitrogens is 1. The highest BCUT2D eigenvalue weighted by Gasteiger charge is 2.18. The van der Waals surface area contributed by atoms with Crippen LogP contribution in [0.2, 0.25) is 0 Å². The number of likely N-dealkylation sites (tertiary alicyclic amines) is 1. The molecule has 2 heterocycles. The van der Waals surface area contributed by atoms with E-state index in [2.05, 4.69) is 15.3 Å². The molecule has 1 aromatic heterocycles. The molecule has 1 fully saturated rings. The summed E-state index contributed by atoms with van der Waals surface area (Å²) in [6, 6.07) is 5.86. The van der Waals surface area contributed by atoms with Gasteiger partial charge >= 0.3 is 0 Å². The lowest BCUT2D eigenvalue weighted by Crippen LogP contribution is -2.33. The van der Waals surface area contributed by atoms with Gasteiger partial charge in [-0.05, 0) is 25.0 Å². The fourth-order valence-electron chi connectivity index (χ4n) is 2.32. The number of nitrogens with one attached hydrogen (secondary N) is 1. The molecule has 0 bridgehead atoms. The molecule has 0 aliphatic carbocycles. The van der Waals surface area contributed by atoms with Crippen molar-refractivity contribution in [3.63, 3.8) is 0 Å². The topological polar surface area (TPSA) is 83.6 Å². The van der Waals surface area contributed by atoms with Crippen LogP contribution >= 0.6 is 24.0 Å². The third-order valence-electron chi connectivity index (χ3n) is 3.45. The number of aliphatic imine (C=N–C) groups is 1. The van der Waals surface area contributed by atoms with Crippen molar-refractivity contribution in [2.24, 2.45) is 10.7 Å². The van der Waals surface area contributed by atoms with E-state index in [0.29, 0.717) is 18.9 Å². The molecular weight excluding hydrogens is 393 g/mol. The average molecular weight is 417 g/mol. The van der Waals surface area contributed by atoms with Gasteiger partial charge in [-0.1, -0.05) is 6.07 Å². The Morgan fingerprint density at radius 1 is 1.45 bits per heavy atom. The highest BCUT2D eigenvalue weighted by Crippen LogP contribution is 2.09. The first kappa shape index (κ1) is 18.7. The molecule has 1 aliphatic heterocycles. The summed E-state index contributed by atoms with van der Waals surface area (Å²) in [6.45, 7) is 3.03. The Labute approximate surface area is 148 Å². The molecule has 1 amide bonds. The predicted molar refractivity (Wildman–Crippen MR) is 98.3 cm³/mol. The first-order chi connectivity index (χ1) is 10.3. The zero-order valence-corrected chi connectivity index (χ0v) is 15.0. The van der Waals surface area contributed by atoms with Gasteiger partial charge in [0, 0.05) is 50.9 Å². The maximum absolute atomic E-state index is 11.4. The number of nitrogens with zero attached hydrogens (tertiary/aromatic N) is 3. The zero-order valence-electron chi connectivity index (χ0n) is 12.7. The van der Waals surface area contributed by atoms with Crippen LogP contribution in [0, 0.1) is 0 Å². The van der Waals surface area contributed by atoms with Crippen LogP contribution in [0.1, 0.15) is 25.0 Å². The second kappa shape index (κ2) is 10.4. The molecule has 1 saturated heterocycles. The Morgan fingerprint density at radius 2 is 2.32 bits per heavy atom. The van der Waals surface area contributed by atoms with Gasteiger partial charge in [-0.25, -0.2) is 0 Å². The number of hydrogen-bond acceptors (Lipinski definition) is 3. The van der Waals surface area contributed by atoms with Crippen LogP contribution in [0.15, 0.2) is 29.4 Å². The number of nitrogens with two attached hydrogens (primary N) is 1. The number of halogens is 1. The van der Waals surface area contributed by atoms with Gasteiger partial charge in [0.25, 0.3) is 0 Å². The van der Waals surface area contributed by atoms with Crippen LogP contribution in [0.3, 0.4) is 0 Å². The van der Waals surface area contributed by atoms with Crippen molar-refractivity contribution in [2.75, 3.05) is 26.2 Å². The van der Waals surface area contributed by atoms with Crippen molar-refractivity contribution in [1.29, 1.82) is 0 Å². The van der Waals surface area contributed by atoms with Gasteiger partial charge in [-0.15, -0.1) is 24.0 Å². The fourth-order valence-corrected chi connectivity index (χ4v) is 2.32. The maximum atomic E-state index is 11.4. The van der Waals surface area contributed by atoms with Crippen LogP contribution in [0.5, 0.6) is 0 Å². The van der Waals surface area contributed by atoms with E-state index in [-0.39, 0.29) is 29.9 Å². The number of guanidine groups is 1. The van der Waals surface area contributed by atoms with Gasteiger partial charge < -0.3 is 16.0 Å². The second-order valence-corrected chi connectivity index (χ2v) is 5.10. The minimum atomic E-state index is 0. The van der Waals surface area contributed by atoms with Gasteiger partial charge in [0.05, 0.1) is 0 Å². The molecule has 2 rings (SSSR count). The molecule has 6 nitrogen and oxygen atoms in total. The monoisotopic (exact) mass is 417 g/mol. The van der Waals surface area contributed by atoms with Crippen LogP contribution in [0.25, 0.3) is 0 Å². The lowest BCUT2D eigenvalue weighted by molar-refractivity contribution is -0.127. The molecule has 0 atom stereocenters. The highest BCUT2D eigenvalue weighted by atomic mass is 127. The van der Waals surface area contributed by atoms with Crippen molar-refractivity contribution in [3.8, 4) is 0 Å². The standard InChI is InChI=1S/C15H23N5O.HI/c16-15(19-10-7-13-5-1-2-8-17-13)18-9-4-12-20-11-3-6-14(20)21;/h1-2,5,8H,3-4,6-7,9-12H2,(H3,16,18,19);1H. The van der Waals surface area contributed by atoms with E-state index in [1.54, 1.807) is 6.20 Å². The minimum Gasteiger partial charge on any atom is -0.370 e. The number of amides is 1. The summed E-state index contributed by atoms with van der Waals surface area (Å²) in [7, 11) is 0. The number of pyridine rings is 1. The molecule has 0 radical (unpaired) electrons. The Bertz CT molecular complexity index is 480. The molecule has 0 aromatic carbocycles. The van der Waals surface area contributed by atoms with Gasteiger partial charge in [-0.3, -0.25) is 14.8 Å². The van der Waals surface area contributed by atoms with Gasteiger partial charge in [0.1, 0.15) is 0 Å². The molecule has 7 heteroatoms. The third-order valence-corrected chi connectivity index (χ3v) is 3.45. The minimum absolute atomic E-state index is 0. The van der Waals surface area contributed by atoms with E-state index >= 15 is 0 Å². The first-order valence-corrected chi connectivity index (χ1v) is 7.47. The maximum Gasteiger partial charge on any atom is 0.222 e. The summed E-state index contributed by atoms with van der Waals surface area (Å²) in [6.07, 6.45) is 5.14. The van der Waals surface area contributed by atoms with Crippen molar-refractivity contribution in [1.82, 2.24) is 15.2 Å². The Kier molecular flexibility index (Phi) is 8.79. The molecule has 1 aromatic rings. The highest BCUT2D eigenvalue weighted by molar-refractivity contribution is 14.0. The van der Waals surface area contributed by atoms with Gasteiger partial charge in [0.15, 0.2) is 5.96 Å². The van der Waals surface area contributed by atoms with Crippen molar-refractivity contribution < 1.29 is 4.79 Å². The summed E-state index contributed by atoms with van der Waals surface area (Å²) in [5.74, 6) is 0.721.